The largest absolute Gasteiger partial charge is 0.320 e. The summed E-state index contributed by atoms with van der Waals surface area (Å²) in [6.07, 6.45) is 0. The minimum Gasteiger partial charge on any atom is -0.320 e. The minimum absolute atomic E-state index is 0.00861. The van der Waals surface area contributed by atoms with Crippen molar-refractivity contribution in [1.82, 2.24) is 0 Å². The van der Waals surface area contributed by atoms with Crippen LogP contribution < -0.4 is 5.73 Å². The molecule has 1 atom stereocenters. The SMILES string of the molecule is Cc1cc(C)c(C(N)c2ccc(C)s2)c(C)c1. The summed E-state index contributed by atoms with van der Waals surface area (Å²) in [5, 5.41) is 0. The highest BCUT2D eigenvalue weighted by atomic mass is 32.1. The Morgan fingerprint density at radius 2 is 1.59 bits per heavy atom. The normalized spacial score (nSPS) is 12.8. The minimum atomic E-state index is 0.00861. The fourth-order valence-electron chi connectivity index (χ4n) is 2.44. The van der Waals surface area contributed by atoms with E-state index in [4.69, 9.17) is 5.73 Å². The van der Waals surface area contributed by atoms with Crippen LogP contribution in [0, 0.1) is 27.7 Å². The van der Waals surface area contributed by atoms with Gasteiger partial charge in [0.15, 0.2) is 0 Å². The summed E-state index contributed by atoms with van der Waals surface area (Å²) in [6, 6.07) is 8.71. The Balaban J connectivity index is 2.47. The number of benzene rings is 1. The van der Waals surface area contributed by atoms with Crippen LogP contribution >= 0.6 is 11.3 Å². The first kappa shape index (κ1) is 12.3. The van der Waals surface area contributed by atoms with Gasteiger partial charge in [-0.15, -0.1) is 11.3 Å². The molecule has 1 nitrogen and oxygen atoms in total. The first-order chi connectivity index (χ1) is 7.99. The van der Waals surface area contributed by atoms with E-state index >= 15 is 0 Å². The number of hydrogen-bond acceptors (Lipinski definition) is 2. The lowest BCUT2D eigenvalue weighted by molar-refractivity contribution is 0.870. The van der Waals surface area contributed by atoms with Crippen LogP contribution in [0.5, 0.6) is 0 Å². The van der Waals surface area contributed by atoms with Gasteiger partial charge >= 0.3 is 0 Å². The van der Waals surface area contributed by atoms with E-state index in [0.29, 0.717) is 0 Å². The third-order valence-corrected chi connectivity index (χ3v) is 4.20. The number of nitrogens with two attached hydrogens (primary N) is 1. The molecule has 0 aliphatic rings. The maximum atomic E-state index is 6.39. The molecule has 0 amide bonds. The highest BCUT2D eigenvalue weighted by Crippen LogP contribution is 2.30. The monoisotopic (exact) mass is 245 g/mol. The standard InChI is InChI=1S/C15H19NS/c1-9-7-10(2)14(11(3)8-9)15(16)13-6-5-12(4)17-13/h5-8,15H,16H2,1-4H3. The van der Waals surface area contributed by atoms with Gasteiger partial charge in [-0.1, -0.05) is 17.7 Å². The summed E-state index contributed by atoms with van der Waals surface area (Å²) in [6.45, 7) is 8.55. The van der Waals surface area contributed by atoms with E-state index in [-0.39, 0.29) is 6.04 Å². The first-order valence-electron chi connectivity index (χ1n) is 5.88. The van der Waals surface area contributed by atoms with Gasteiger partial charge < -0.3 is 5.73 Å². The Morgan fingerprint density at radius 1 is 1.00 bits per heavy atom. The Bertz CT molecular complexity index is 517. The molecule has 0 spiro atoms. The van der Waals surface area contributed by atoms with E-state index in [2.05, 4.69) is 52.0 Å². The molecule has 1 heterocycles. The van der Waals surface area contributed by atoms with Crippen molar-refractivity contribution < 1.29 is 0 Å². The predicted octanol–water partition coefficient (Wildman–Crippen LogP) is 4.03. The molecule has 1 unspecified atom stereocenters. The topological polar surface area (TPSA) is 26.0 Å². The van der Waals surface area contributed by atoms with E-state index in [1.807, 2.05) is 0 Å². The zero-order valence-electron chi connectivity index (χ0n) is 10.9. The van der Waals surface area contributed by atoms with Gasteiger partial charge in [-0.2, -0.15) is 0 Å². The number of aryl methyl sites for hydroxylation is 4. The number of rotatable bonds is 2. The molecule has 0 radical (unpaired) electrons. The average Bonchev–Trinajstić information content (AvgIpc) is 2.63. The molecule has 0 aliphatic heterocycles. The smallest absolute Gasteiger partial charge is 0.0651 e. The highest BCUT2D eigenvalue weighted by Gasteiger charge is 2.15. The highest BCUT2D eigenvalue weighted by molar-refractivity contribution is 7.12. The average molecular weight is 245 g/mol. The molecule has 1 aromatic carbocycles. The molecule has 0 saturated heterocycles. The van der Waals surface area contributed by atoms with Crippen molar-refractivity contribution in [2.45, 2.75) is 33.7 Å². The zero-order chi connectivity index (χ0) is 12.6. The summed E-state index contributed by atoms with van der Waals surface area (Å²) in [7, 11) is 0. The second kappa shape index (κ2) is 4.63. The molecule has 17 heavy (non-hydrogen) atoms. The van der Waals surface area contributed by atoms with Crippen LogP contribution in [0.3, 0.4) is 0 Å². The molecule has 90 valence electrons. The lowest BCUT2D eigenvalue weighted by Gasteiger charge is -2.17. The fourth-order valence-corrected chi connectivity index (χ4v) is 3.33. The van der Waals surface area contributed by atoms with E-state index in [1.165, 1.54) is 32.0 Å². The number of hydrogen-bond donors (Lipinski definition) is 1. The van der Waals surface area contributed by atoms with E-state index in [0.717, 1.165) is 0 Å². The van der Waals surface area contributed by atoms with Gasteiger partial charge in [-0.25, -0.2) is 0 Å². The Labute approximate surface area is 107 Å². The van der Waals surface area contributed by atoms with Crippen molar-refractivity contribution in [2.24, 2.45) is 5.73 Å². The summed E-state index contributed by atoms with van der Waals surface area (Å²) in [5.41, 5.74) is 11.6. The van der Waals surface area contributed by atoms with Crippen molar-refractivity contribution in [2.75, 3.05) is 0 Å². The van der Waals surface area contributed by atoms with Crippen molar-refractivity contribution in [3.8, 4) is 0 Å². The summed E-state index contributed by atoms with van der Waals surface area (Å²) < 4.78 is 0. The molecule has 0 fully saturated rings. The molecule has 2 N–H and O–H groups in total. The van der Waals surface area contributed by atoms with Gasteiger partial charge in [0, 0.05) is 9.75 Å². The Hall–Kier alpha value is -1.12. The lowest BCUT2D eigenvalue weighted by atomic mass is 9.94. The van der Waals surface area contributed by atoms with E-state index in [1.54, 1.807) is 11.3 Å². The molecule has 1 aromatic heterocycles. The lowest BCUT2D eigenvalue weighted by Crippen LogP contribution is -2.13. The van der Waals surface area contributed by atoms with Crippen molar-refractivity contribution in [1.29, 1.82) is 0 Å². The third kappa shape index (κ3) is 2.43. The maximum Gasteiger partial charge on any atom is 0.0651 e. The van der Waals surface area contributed by atoms with Crippen LogP contribution in [-0.4, -0.2) is 0 Å². The first-order valence-corrected chi connectivity index (χ1v) is 6.70. The van der Waals surface area contributed by atoms with Crippen LogP contribution in [0.2, 0.25) is 0 Å². The van der Waals surface area contributed by atoms with Crippen LogP contribution in [-0.2, 0) is 0 Å². The Morgan fingerprint density at radius 3 is 2.06 bits per heavy atom. The molecule has 0 bridgehead atoms. The van der Waals surface area contributed by atoms with E-state index < -0.39 is 0 Å². The van der Waals surface area contributed by atoms with E-state index in [9.17, 15) is 0 Å². The van der Waals surface area contributed by atoms with Crippen LogP contribution in [0.25, 0.3) is 0 Å². The zero-order valence-corrected chi connectivity index (χ0v) is 11.7. The fraction of sp³-hybridized carbons (Fsp3) is 0.333. The number of thiophene rings is 1. The van der Waals surface area contributed by atoms with Gasteiger partial charge in [-0.05, 0) is 56.5 Å². The molecular formula is C15H19NS. The van der Waals surface area contributed by atoms with Gasteiger partial charge in [-0.3, -0.25) is 0 Å². The molecule has 2 rings (SSSR count). The van der Waals surface area contributed by atoms with Crippen LogP contribution in [0.15, 0.2) is 24.3 Å². The van der Waals surface area contributed by atoms with Gasteiger partial charge in [0.2, 0.25) is 0 Å². The van der Waals surface area contributed by atoms with Gasteiger partial charge in [0.1, 0.15) is 0 Å². The molecule has 2 heteroatoms. The summed E-state index contributed by atoms with van der Waals surface area (Å²) in [5.74, 6) is 0. The van der Waals surface area contributed by atoms with Gasteiger partial charge in [0.05, 0.1) is 6.04 Å². The Kier molecular flexibility index (Phi) is 3.36. The second-order valence-electron chi connectivity index (χ2n) is 4.74. The van der Waals surface area contributed by atoms with Crippen LogP contribution in [0.1, 0.15) is 38.0 Å². The molecule has 0 aliphatic carbocycles. The van der Waals surface area contributed by atoms with Gasteiger partial charge in [0.25, 0.3) is 0 Å². The van der Waals surface area contributed by atoms with Crippen molar-refractivity contribution >= 4 is 11.3 Å². The summed E-state index contributed by atoms with van der Waals surface area (Å²) >= 11 is 1.79. The molecule has 2 aromatic rings. The van der Waals surface area contributed by atoms with Crippen LogP contribution in [0.4, 0.5) is 0 Å². The second-order valence-corrected chi connectivity index (χ2v) is 6.06. The van der Waals surface area contributed by atoms with Crippen molar-refractivity contribution in [3.05, 3.63) is 56.3 Å². The molecular weight excluding hydrogens is 226 g/mol. The molecule has 0 saturated carbocycles. The third-order valence-electron chi connectivity index (χ3n) is 3.12. The maximum absolute atomic E-state index is 6.39. The van der Waals surface area contributed by atoms with Crippen molar-refractivity contribution in [3.63, 3.8) is 0 Å². The predicted molar refractivity (Wildman–Crippen MR) is 75.7 cm³/mol. The quantitative estimate of drug-likeness (QED) is 0.849. The summed E-state index contributed by atoms with van der Waals surface area (Å²) in [4.78, 5) is 2.57.